The van der Waals surface area contributed by atoms with E-state index in [-0.39, 0.29) is 6.04 Å². The van der Waals surface area contributed by atoms with Crippen molar-refractivity contribution in [1.29, 1.82) is 0 Å². The highest BCUT2D eigenvalue weighted by Gasteiger charge is 2.29. The van der Waals surface area contributed by atoms with Gasteiger partial charge in [-0.25, -0.2) is 0 Å². The SMILES string of the molecule is CCN(C1CCC(N)CC1)C(C)C(=O)O. The molecular formula is C11H22N2O2. The number of hydrogen-bond donors (Lipinski definition) is 2. The van der Waals surface area contributed by atoms with Gasteiger partial charge in [0, 0.05) is 12.1 Å². The van der Waals surface area contributed by atoms with Gasteiger partial charge in [-0.3, -0.25) is 9.69 Å². The molecule has 1 saturated carbocycles. The molecule has 0 spiro atoms. The lowest BCUT2D eigenvalue weighted by atomic mass is 9.90. The number of nitrogens with two attached hydrogens (primary N) is 1. The molecule has 0 aliphatic heterocycles. The second-order valence-corrected chi connectivity index (χ2v) is 4.41. The first-order valence-electron chi connectivity index (χ1n) is 5.80. The van der Waals surface area contributed by atoms with Crippen LogP contribution in [0.1, 0.15) is 39.5 Å². The fourth-order valence-electron chi connectivity index (χ4n) is 2.42. The van der Waals surface area contributed by atoms with Crippen LogP contribution < -0.4 is 5.73 Å². The van der Waals surface area contributed by atoms with E-state index in [1.165, 1.54) is 0 Å². The van der Waals surface area contributed by atoms with E-state index in [0.29, 0.717) is 12.1 Å². The van der Waals surface area contributed by atoms with E-state index in [0.717, 1.165) is 32.2 Å². The number of carboxylic acids is 1. The fraction of sp³-hybridized carbons (Fsp3) is 0.909. The van der Waals surface area contributed by atoms with Gasteiger partial charge < -0.3 is 10.8 Å². The number of aliphatic carboxylic acids is 1. The van der Waals surface area contributed by atoms with E-state index in [1.54, 1.807) is 6.92 Å². The van der Waals surface area contributed by atoms with Gasteiger partial charge in [-0.15, -0.1) is 0 Å². The van der Waals surface area contributed by atoms with E-state index < -0.39 is 5.97 Å². The van der Waals surface area contributed by atoms with Crippen LogP contribution in [0.25, 0.3) is 0 Å². The summed E-state index contributed by atoms with van der Waals surface area (Å²) in [7, 11) is 0. The Balaban J connectivity index is 2.55. The lowest BCUT2D eigenvalue weighted by Crippen LogP contribution is -2.48. The summed E-state index contributed by atoms with van der Waals surface area (Å²) in [5.41, 5.74) is 5.84. The number of nitrogens with zero attached hydrogens (tertiary/aromatic N) is 1. The summed E-state index contributed by atoms with van der Waals surface area (Å²) in [6, 6.07) is 0.343. The van der Waals surface area contributed by atoms with Crippen molar-refractivity contribution in [3.05, 3.63) is 0 Å². The third kappa shape index (κ3) is 3.18. The van der Waals surface area contributed by atoms with Crippen LogP contribution in [0.5, 0.6) is 0 Å². The molecule has 1 atom stereocenters. The first-order chi connectivity index (χ1) is 7.06. The predicted octanol–water partition coefficient (Wildman–Crippen LogP) is 1.05. The molecule has 1 rings (SSSR count). The molecule has 1 fully saturated rings. The molecule has 1 aliphatic rings. The minimum absolute atomic E-state index is 0.320. The zero-order chi connectivity index (χ0) is 11.4. The Morgan fingerprint density at radius 1 is 1.47 bits per heavy atom. The van der Waals surface area contributed by atoms with Crippen molar-refractivity contribution < 1.29 is 9.90 Å². The van der Waals surface area contributed by atoms with Gasteiger partial charge in [0.2, 0.25) is 0 Å². The van der Waals surface area contributed by atoms with Gasteiger partial charge in [-0.2, -0.15) is 0 Å². The van der Waals surface area contributed by atoms with Crippen LogP contribution in [0, 0.1) is 0 Å². The lowest BCUT2D eigenvalue weighted by Gasteiger charge is -2.37. The van der Waals surface area contributed by atoms with Crippen LogP contribution in [-0.2, 0) is 4.79 Å². The summed E-state index contributed by atoms with van der Waals surface area (Å²) in [6.07, 6.45) is 4.11. The number of hydrogen-bond acceptors (Lipinski definition) is 3. The Morgan fingerprint density at radius 3 is 2.40 bits per heavy atom. The highest BCUT2D eigenvalue weighted by Crippen LogP contribution is 2.23. The molecule has 1 aliphatic carbocycles. The number of carboxylic acid groups (broad SMARTS) is 1. The van der Waals surface area contributed by atoms with Crippen LogP contribution in [-0.4, -0.2) is 40.6 Å². The maximum atomic E-state index is 10.9. The highest BCUT2D eigenvalue weighted by atomic mass is 16.4. The Hall–Kier alpha value is -0.610. The molecule has 0 aromatic rings. The molecule has 0 bridgehead atoms. The zero-order valence-electron chi connectivity index (χ0n) is 9.65. The topological polar surface area (TPSA) is 66.6 Å². The van der Waals surface area contributed by atoms with Crippen molar-refractivity contribution in [3.8, 4) is 0 Å². The summed E-state index contributed by atoms with van der Waals surface area (Å²) in [4.78, 5) is 13.0. The maximum Gasteiger partial charge on any atom is 0.320 e. The monoisotopic (exact) mass is 214 g/mol. The first kappa shape index (κ1) is 12.5. The average Bonchev–Trinajstić information content (AvgIpc) is 2.21. The molecule has 3 N–H and O–H groups in total. The minimum Gasteiger partial charge on any atom is -0.480 e. The molecule has 88 valence electrons. The van der Waals surface area contributed by atoms with E-state index >= 15 is 0 Å². The third-order valence-electron chi connectivity index (χ3n) is 3.43. The van der Waals surface area contributed by atoms with Crippen molar-refractivity contribution in [2.45, 2.75) is 57.7 Å². The van der Waals surface area contributed by atoms with Gasteiger partial charge in [-0.1, -0.05) is 6.92 Å². The second-order valence-electron chi connectivity index (χ2n) is 4.41. The average molecular weight is 214 g/mol. The molecule has 0 saturated heterocycles. The second kappa shape index (κ2) is 5.47. The van der Waals surface area contributed by atoms with Crippen molar-refractivity contribution in [3.63, 3.8) is 0 Å². The van der Waals surface area contributed by atoms with E-state index in [2.05, 4.69) is 4.90 Å². The molecule has 0 heterocycles. The van der Waals surface area contributed by atoms with Crippen LogP contribution in [0.3, 0.4) is 0 Å². The highest BCUT2D eigenvalue weighted by molar-refractivity contribution is 5.72. The summed E-state index contributed by atoms with van der Waals surface area (Å²) >= 11 is 0. The maximum absolute atomic E-state index is 10.9. The minimum atomic E-state index is -0.730. The third-order valence-corrected chi connectivity index (χ3v) is 3.43. The molecule has 4 nitrogen and oxygen atoms in total. The lowest BCUT2D eigenvalue weighted by molar-refractivity contribution is -0.143. The molecule has 0 aromatic heterocycles. The quantitative estimate of drug-likeness (QED) is 0.734. The molecule has 1 unspecified atom stereocenters. The molecule has 15 heavy (non-hydrogen) atoms. The summed E-state index contributed by atoms with van der Waals surface area (Å²) in [6.45, 7) is 4.59. The normalized spacial score (nSPS) is 29.1. The molecular weight excluding hydrogens is 192 g/mol. The van der Waals surface area contributed by atoms with E-state index in [9.17, 15) is 4.79 Å². The Labute approximate surface area is 91.4 Å². The van der Waals surface area contributed by atoms with Crippen LogP contribution >= 0.6 is 0 Å². The zero-order valence-corrected chi connectivity index (χ0v) is 9.65. The smallest absolute Gasteiger partial charge is 0.320 e. The first-order valence-corrected chi connectivity index (χ1v) is 5.80. The Kier molecular flexibility index (Phi) is 4.54. The predicted molar refractivity (Wildman–Crippen MR) is 59.7 cm³/mol. The van der Waals surface area contributed by atoms with Crippen LogP contribution in [0.4, 0.5) is 0 Å². The molecule has 0 aromatic carbocycles. The van der Waals surface area contributed by atoms with Crippen LogP contribution in [0.15, 0.2) is 0 Å². The van der Waals surface area contributed by atoms with E-state index in [4.69, 9.17) is 10.8 Å². The summed E-state index contributed by atoms with van der Waals surface area (Å²) in [5, 5.41) is 9.00. The van der Waals surface area contributed by atoms with Gasteiger partial charge in [-0.05, 0) is 39.2 Å². The van der Waals surface area contributed by atoms with Crippen molar-refractivity contribution in [1.82, 2.24) is 4.90 Å². The summed E-state index contributed by atoms with van der Waals surface area (Å²) in [5.74, 6) is -0.730. The summed E-state index contributed by atoms with van der Waals surface area (Å²) < 4.78 is 0. The molecule has 0 amide bonds. The van der Waals surface area contributed by atoms with Gasteiger partial charge in [0.15, 0.2) is 0 Å². The van der Waals surface area contributed by atoms with Gasteiger partial charge in [0.05, 0.1) is 0 Å². The molecule has 4 heteroatoms. The van der Waals surface area contributed by atoms with Crippen LogP contribution in [0.2, 0.25) is 0 Å². The van der Waals surface area contributed by atoms with Crippen molar-refractivity contribution in [2.24, 2.45) is 5.73 Å². The van der Waals surface area contributed by atoms with Gasteiger partial charge >= 0.3 is 5.97 Å². The van der Waals surface area contributed by atoms with Gasteiger partial charge in [0.25, 0.3) is 0 Å². The largest absolute Gasteiger partial charge is 0.480 e. The molecule has 0 radical (unpaired) electrons. The Morgan fingerprint density at radius 2 is 2.00 bits per heavy atom. The standard InChI is InChI=1S/C11H22N2O2/c1-3-13(8(2)11(14)15)10-6-4-9(12)5-7-10/h8-10H,3-7,12H2,1-2H3,(H,14,15). The Bertz CT molecular complexity index is 213. The number of likely N-dealkylation sites (N-methyl/N-ethyl adjacent to an activating group) is 1. The number of rotatable bonds is 4. The fourth-order valence-corrected chi connectivity index (χ4v) is 2.42. The number of carbonyl (C=O) groups is 1. The van der Waals surface area contributed by atoms with E-state index in [1.807, 2.05) is 6.92 Å². The van der Waals surface area contributed by atoms with Gasteiger partial charge in [0.1, 0.15) is 6.04 Å². The van der Waals surface area contributed by atoms with Crippen molar-refractivity contribution >= 4 is 5.97 Å². The van der Waals surface area contributed by atoms with Crippen molar-refractivity contribution in [2.75, 3.05) is 6.54 Å².